The zero-order valence-electron chi connectivity index (χ0n) is 13.2. The third kappa shape index (κ3) is 4.80. The van der Waals surface area contributed by atoms with Gasteiger partial charge in [0.05, 0.1) is 19.1 Å². The fourth-order valence-electron chi connectivity index (χ4n) is 2.20. The van der Waals surface area contributed by atoms with Crippen LogP contribution in [0.4, 0.5) is 4.39 Å². The quantitative estimate of drug-likeness (QED) is 0.747. The minimum atomic E-state index is -0.596. The molecule has 1 amide bonds. The van der Waals surface area contributed by atoms with Gasteiger partial charge in [-0.15, -0.1) is 0 Å². The lowest BCUT2D eigenvalue weighted by Crippen LogP contribution is -2.33. The molecule has 0 fully saturated rings. The number of methoxy groups -OCH3 is 1. The molecule has 0 saturated heterocycles. The van der Waals surface area contributed by atoms with Crippen molar-refractivity contribution in [2.45, 2.75) is 13.0 Å². The maximum Gasteiger partial charge on any atom is 0.307 e. The number of carbonyl (C=O) groups excluding carboxylic acids is 2. The summed E-state index contributed by atoms with van der Waals surface area (Å²) in [5.41, 5.74) is 0.797. The lowest BCUT2D eigenvalue weighted by atomic mass is 10.1. The maximum absolute atomic E-state index is 13.9. The molecule has 0 unspecified atom stereocenters. The Morgan fingerprint density at radius 2 is 1.79 bits per heavy atom. The molecule has 0 atom stereocenters. The average Bonchev–Trinajstić information content (AvgIpc) is 2.59. The highest BCUT2D eigenvalue weighted by atomic mass is 35.5. The number of rotatable bonds is 6. The zero-order chi connectivity index (χ0) is 17.5. The van der Waals surface area contributed by atoms with Gasteiger partial charge in [-0.3, -0.25) is 9.59 Å². The summed E-state index contributed by atoms with van der Waals surface area (Å²) in [5, 5.41) is 0.584. The summed E-state index contributed by atoms with van der Waals surface area (Å²) in [5.74, 6) is -1.51. The molecule has 0 N–H and O–H groups in total. The van der Waals surface area contributed by atoms with E-state index in [-0.39, 0.29) is 25.1 Å². The average molecular weight is 350 g/mol. The Morgan fingerprint density at radius 3 is 2.42 bits per heavy atom. The minimum Gasteiger partial charge on any atom is -0.469 e. The van der Waals surface area contributed by atoms with E-state index >= 15 is 0 Å². The molecule has 0 radical (unpaired) electrons. The molecule has 0 aliphatic heterocycles. The van der Waals surface area contributed by atoms with Crippen LogP contribution in [-0.2, 0) is 16.1 Å². The van der Waals surface area contributed by atoms with Crippen LogP contribution in [0.15, 0.2) is 48.5 Å². The lowest BCUT2D eigenvalue weighted by Gasteiger charge is -2.23. The summed E-state index contributed by atoms with van der Waals surface area (Å²) in [7, 11) is 1.28. The predicted molar refractivity (Wildman–Crippen MR) is 89.2 cm³/mol. The van der Waals surface area contributed by atoms with Crippen molar-refractivity contribution in [2.75, 3.05) is 13.7 Å². The molecular weight excluding hydrogens is 333 g/mol. The highest BCUT2D eigenvalue weighted by Crippen LogP contribution is 2.16. The Balaban J connectivity index is 2.21. The first kappa shape index (κ1) is 17.9. The van der Waals surface area contributed by atoms with Gasteiger partial charge in [-0.05, 0) is 29.8 Å². The van der Waals surface area contributed by atoms with Crippen molar-refractivity contribution < 1.29 is 18.7 Å². The number of ether oxygens (including phenoxy) is 1. The molecule has 0 aliphatic rings. The Hall–Kier alpha value is -2.40. The molecule has 0 aliphatic carbocycles. The number of nitrogens with zero attached hydrogens (tertiary/aromatic N) is 1. The summed E-state index contributed by atoms with van der Waals surface area (Å²) in [4.78, 5) is 25.4. The van der Waals surface area contributed by atoms with Crippen molar-refractivity contribution in [1.82, 2.24) is 4.90 Å². The van der Waals surface area contributed by atoms with E-state index in [1.54, 1.807) is 30.3 Å². The van der Waals surface area contributed by atoms with Gasteiger partial charge in [-0.25, -0.2) is 4.39 Å². The summed E-state index contributed by atoms with van der Waals surface area (Å²) in [6.07, 6.45) is 0.0320. The number of carbonyl (C=O) groups is 2. The molecule has 2 rings (SSSR count). The number of halogens is 2. The van der Waals surface area contributed by atoms with Crippen molar-refractivity contribution in [3.05, 3.63) is 70.5 Å². The van der Waals surface area contributed by atoms with E-state index in [1.165, 1.54) is 30.2 Å². The molecule has 126 valence electrons. The third-order valence-corrected chi connectivity index (χ3v) is 3.74. The number of hydrogen-bond donors (Lipinski definition) is 0. The van der Waals surface area contributed by atoms with E-state index < -0.39 is 17.7 Å². The normalized spacial score (nSPS) is 10.3. The van der Waals surface area contributed by atoms with Gasteiger partial charge in [0.15, 0.2) is 0 Å². The fraction of sp³-hybridized carbons (Fsp3) is 0.222. The van der Waals surface area contributed by atoms with Crippen molar-refractivity contribution in [2.24, 2.45) is 0 Å². The molecular formula is C18H17ClFNO3. The van der Waals surface area contributed by atoms with Crippen LogP contribution >= 0.6 is 11.6 Å². The van der Waals surface area contributed by atoms with Gasteiger partial charge < -0.3 is 9.64 Å². The summed E-state index contributed by atoms with van der Waals surface area (Å²) in [6.45, 7) is 0.365. The Labute approximate surface area is 144 Å². The molecule has 6 heteroatoms. The number of amides is 1. The van der Waals surface area contributed by atoms with Crippen LogP contribution in [0.3, 0.4) is 0 Å². The van der Waals surface area contributed by atoms with E-state index in [0.29, 0.717) is 5.02 Å². The van der Waals surface area contributed by atoms with E-state index in [9.17, 15) is 14.0 Å². The van der Waals surface area contributed by atoms with Crippen LogP contribution < -0.4 is 0 Å². The molecule has 0 spiro atoms. The van der Waals surface area contributed by atoms with Crippen molar-refractivity contribution in [3.63, 3.8) is 0 Å². The Bertz CT molecular complexity index is 718. The van der Waals surface area contributed by atoms with Crippen LogP contribution in [-0.4, -0.2) is 30.4 Å². The van der Waals surface area contributed by atoms with Gasteiger partial charge in [0.25, 0.3) is 5.91 Å². The third-order valence-electron chi connectivity index (χ3n) is 3.49. The molecule has 2 aromatic carbocycles. The second-order valence-electron chi connectivity index (χ2n) is 5.16. The Kier molecular flexibility index (Phi) is 6.32. The lowest BCUT2D eigenvalue weighted by molar-refractivity contribution is -0.140. The van der Waals surface area contributed by atoms with Crippen LogP contribution in [0.2, 0.25) is 5.02 Å². The molecule has 4 nitrogen and oxygen atoms in total. The maximum atomic E-state index is 13.9. The van der Waals surface area contributed by atoms with Crippen LogP contribution in [0, 0.1) is 5.82 Å². The van der Waals surface area contributed by atoms with Crippen LogP contribution in [0.1, 0.15) is 22.3 Å². The van der Waals surface area contributed by atoms with Gasteiger partial charge in [-0.2, -0.15) is 0 Å². The van der Waals surface area contributed by atoms with Gasteiger partial charge >= 0.3 is 5.97 Å². The number of benzene rings is 2. The van der Waals surface area contributed by atoms with Crippen LogP contribution in [0.5, 0.6) is 0 Å². The predicted octanol–water partition coefficient (Wildman–Crippen LogP) is 3.68. The van der Waals surface area contributed by atoms with Gasteiger partial charge in [0, 0.05) is 18.1 Å². The van der Waals surface area contributed by atoms with Crippen LogP contribution in [0.25, 0.3) is 0 Å². The fourth-order valence-corrected chi connectivity index (χ4v) is 2.32. The highest BCUT2D eigenvalue weighted by Gasteiger charge is 2.20. The summed E-state index contributed by atoms with van der Waals surface area (Å²) < 4.78 is 18.5. The summed E-state index contributed by atoms with van der Waals surface area (Å²) in [6, 6.07) is 12.7. The van der Waals surface area contributed by atoms with E-state index in [2.05, 4.69) is 4.74 Å². The SMILES string of the molecule is COC(=O)CCN(Cc1ccc(Cl)cc1)C(=O)c1ccccc1F. The minimum absolute atomic E-state index is 0.0312. The smallest absolute Gasteiger partial charge is 0.307 e. The number of esters is 1. The first-order valence-electron chi connectivity index (χ1n) is 7.36. The zero-order valence-corrected chi connectivity index (χ0v) is 13.9. The topological polar surface area (TPSA) is 46.6 Å². The summed E-state index contributed by atoms with van der Waals surface area (Å²) >= 11 is 5.86. The van der Waals surface area contributed by atoms with E-state index in [0.717, 1.165) is 5.56 Å². The molecule has 2 aromatic rings. The van der Waals surface area contributed by atoms with Crippen molar-refractivity contribution in [1.29, 1.82) is 0 Å². The molecule has 0 bridgehead atoms. The molecule has 0 heterocycles. The number of hydrogen-bond acceptors (Lipinski definition) is 3. The second kappa shape index (κ2) is 8.45. The highest BCUT2D eigenvalue weighted by molar-refractivity contribution is 6.30. The largest absolute Gasteiger partial charge is 0.469 e. The molecule has 24 heavy (non-hydrogen) atoms. The monoisotopic (exact) mass is 349 g/mol. The Morgan fingerprint density at radius 1 is 1.12 bits per heavy atom. The van der Waals surface area contributed by atoms with Crippen molar-refractivity contribution in [3.8, 4) is 0 Å². The molecule has 0 saturated carbocycles. The van der Waals surface area contributed by atoms with Crippen molar-refractivity contribution >= 4 is 23.5 Å². The van der Waals surface area contributed by atoms with Gasteiger partial charge in [-0.1, -0.05) is 35.9 Å². The molecule has 0 aromatic heterocycles. The van der Waals surface area contributed by atoms with Gasteiger partial charge in [0.2, 0.25) is 0 Å². The first-order valence-corrected chi connectivity index (χ1v) is 7.74. The first-order chi connectivity index (χ1) is 11.5. The van der Waals surface area contributed by atoms with Gasteiger partial charge in [0.1, 0.15) is 5.82 Å². The standard InChI is InChI=1S/C18H17ClFNO3/c1-24-17(22)10-11-21(12-13-6-8-14(19)9-7-13)18(23)15-4-2-3-5-16(15)20/h2-9H,10-12H2,1H3. The van der Waals surface area contributed by atoms with E-state index in [4.69, 9.17) is 11.6 Å². The second-order valence-corrected chi connectivity index (χ2v) is 5.60. The van der Waals surface area contributed by atoms with E-state index in [1.807, 2.05) is 0 Å².